The number of carbonyl (C=O) groups excluding carboxylic acids is 3. The van der Waals surface area contributed by atoms with E-state index in [-0.39, 0.29) is 23.8 Å². The first-order valence-electron chi connectivity index (χ1n) is 14.9. The lowest BCUT2D eigenvalue weighted by atomic mass is 9.83. The predicted molar refractivity (Wildman–Crippen MR) is 167 cm³/mol. The Kier molecular flexibility index (Phi) is 10.6. The Morgan fingerprint density at radius 3 is 2.64 bits per heavy atom. The third-order valence-corrected chi connectivity index (χ3v) is 9.38. The van der Waals surface area contributed by atoms with Gasteiger partial charge in [-0.25, -0.2) is 4.79 Å². The summed E-state index contributed by atoms with van der Waals surface area (Å²) in [4.78, 5) is 40.9. The number of anilines is 1. The molecule has 8 atom stereocenters. The summed E-state index contributed by atoms with van der Waals surface area (Å²) in [7, 11) is 6.18. The molecule has 1 aromatic carbocycles. The van der Waals surface area contributed by atoms with E-state index in [4.69, 9.17) is 35.3 Å². The second kappa shape index (κ2) is 13.7. The van der Waals surface area contributed by atoms with Crippen LogP contribution in [0.1, 0.15) is 46.1 Å². The average Bonchev–Trinajstić information content (AvgIpc) is 3.69. The number of fused-ring (bicyclic) bond motifs is 5. The van der Waals surface area contributed by atoms with Crippen LogP contribution >= 0.6 is 11.6 Å². The molecule has 12 nitrogen and oxygen atoms in total. The van der Waals surface area contributed by atoms with Crippen molar-refractivity contribution >= 4 is 35.3 Å². The minimum Gasteiger partial charge on any atom is -0.495 e. The molecule has 3 aliphatic rings. The fraction of sp³-hybridized carbons (Fsp3) is 0.594. The number of rotatable bonds is 5. The van der Waals surface area contributed by atoms with Gasteiger partial charge in [-0.2, -0.15) is 0 Å². The van der Waals surface area contributed by atoms with Crippen molar-refractivity contribution in [2.24, 2.45) is 5.92 Å². The summed E-state index contributed by atoms with van der Waals surface area (Å²) in [5, 5.41) is 17.2. The zero-order valence-electron chi connectivity index (χ0n) is 27.0. The summed E-state index contributed by atoms with van der Waals surface area (Å²) in [5.74, 6) is -0.974. The Labute approximate surface area is 269 Å². The molecule has 4 bridgehead atoms. The van der Waals surface area contributed by atoms with Gasteiger partial charge in [-0.05, 0) is 51.9 Å². The highest BCUT2D eigenvalue weighted by Gasteiger charge is 2.64. The van der Waals surface area contributed by atoms with E-state index in [1.165, 1.54) is 19.1 Å². The molecule has 0 spiro atoms. The maximum Gasteiger partial charge on any atom is 0.409 e. The summed E-state index contributed by atoms with van der Waals surface area (Å²) >= 11 is 6.69. The van der Waals surface area contributed by atoms with E-state index >= 15 is 0 Å². The number of hydrogen-bond donors (Lipinski definition) is 3. The Hall–Kier alpha value is -3.16. The van der Waals surface area contributed by atoms with Gasteiger partial charge in [-0.1, -0.05) is 42.3 Å². The standard InChI is InChI=1S/C32H44ClN3O9/c1-17-10-9-11-24(42-8)32(40)16-23(43-30(39)35-32)18(2)28-31(4,45-28)25(44-29(38)19(3)34-5)15-26(37)36(6)21-13-20(12-17)14-22(41-7)27(21)33/h9-11,13-14,18-19,23-25,28,34,40H,12,15-16H2,1-8H3,(H,35,39)/b11-9+,17-10+/t18?,19-,23?,24?,25?,28?,31?,32?/m0/s1. The maximum atomic E-state index is 13.8. The van der Waals surface area contributed by atoms with E-state index in [0.29, 0.717) is 17.9 Å². The van der Waals surface area contributed by atoms with Crippen molar-refractivity contribution in [2.75, 3.05) is 33.2 Å². The molecule has 2 saturated heterocycles. The van der Waals surface area contributed by atoms with Gasteiger partial charge in [0.15, 0.2) is 5.72 Å². The SMILES string of the molecule is CN[C@@H](C)C(=O)OC1CC(=O)N(C)c2cc(cc(OC)c2Cl)C/C(C)=C/C=C/C(OC)C2(O)CC(OC(=O)N2)C(C)C2OC12C. The number of nitrogens with zero attached hydrogens (tertiary/aromatic N) is 1. The number of epoxide rings is 1. The van der Waals surface area contributed by atoms with Crippen molar-refractivity contribution in [2.45, 2.75) is 88.7 Å². The number of benzene rings is 1. The van der Waals surface area contributed by atoms with E-state index in [9.17, 15) is 19.5 Å². The topological polar surface area (TPSA) is 148 Å². The molecule has 3 N–H and O–H groups in total. The van der Waals surface area contributed by atoms with Gasteiger partial charge in [0.25, 0.3) is 0 Å². The van der Waals surface area contributed by atoms with Crippen LogP contribution < -0.4 is 20.3 Å². The van der Waals surface area contributed by atoms with Crippen LogP contribution in [0, 0.1) is 5.92 Å². The minimum absolute atomic E-state index is 0.00553. The van der Waals surface area contributed by atoms with Gasteiger partial charge in [0.2, 0.25) is 5.91 Å². The Bertz CT molecular complexity index is 1370. The second-order valence-corrected chi connectivity index (χ2v) is 12.6. The van der Waals surface area contributed by atoms with Gasteiger partial charge in [-0.15, -0.1) is 0 Å². The normalized spacial score (nSPS) is 34.8. The first kappa shape index (κ1) is 34.7. The Morgan fingerprint density at radius 2 is 2.00 bits per heavy atom. The van der Waals surface area contributed by atoms with Gasteiger partial charge in [0, 0.05) is 26.5 Å². The highest BCUT2D eigenvalue weighted by molar-refractivity contribution is 6.35. The number of methoxy groups -OCH3 is 2. The largest absolute Gasteiger partial charge is 0.495 e. The number of likely N-dealkylation sites (N-methyl/N-ethyl adjacent to an activating group) is 1. The molecular weight excluding hydrogens is 606 g/mol. The van der Waals surface area contributed by atoms with Crippen molar-refractivity contribution in [1.82, 2.24) is 10.6 Å². The number of ether oxygens (including phenoxy) is 5. The minimum atomic E-state index is -1.78. The third-order valence-electron chi connectivity index (χ3n) is 9.00. The van der Waals surface area contributed by atoms with Gasteiger partial charge >= 0.3 is 12.1 Å². The number of allylic oxidation sites excluding steroid dienone is 3. The van der Waals surface area contributed by atoms with Crippen LogP contribution in [0.15, 0.2) is 35.9 Å². The molecule has 4 rings (SSSR count). The lowest BCUT2D eigenvalue weighted by Gasteiger charge is -2.42. The number of esters is 1. The summed E-state index contributed by atoms with van der Waals surface area (Å²) in [6.07, 6.45) is 1.52. The number of halogens is 1. The van der Waals surface area contributed by atoms with Crippen molar-refractivity contribution in [3.63, 3.8) is 0 Å². The highest BCUT2D eigenvalue weighted by Crippen LogP contribution is 2.49. The molecule has 0 saturated carbocycles. The monoisotopic (exact) mass is 649 g/mol. The molecule has 2 fully saturated rings. The molecule has 0 radical (unpaired) electrons. The van der Waals surface area contributed by atoms with Gasteiger partial charge in [0.1, 0.15) is 40.7 Å². The highest BCUT2D eigenvalue weighted by atomic mass is 35.5. The second-order valence-electron chi connectivity index (χ2n) is 12.2. The van der Waals surface area contributed by atoms with Crippen LogP contribution in [0.3, 0.4) is 0 Å². The number of nitrogens with one attached hydrogen (secondary N) is 2. The lowest BCUT2D eigenvalue weighted by molar-refractivity contribution is -0.155. The van der Waals surface area contributed by atoms with E-state index < -0.39 is 59.8 Å². The summed E-state index contributed by atoms with van der Waals surface area (Å²) < 4.78 is 28.8. The first-order valence-corrected chi connectivity index (χ1v) is 15.3. The van der Waals surface area contributed by atoms with E-state index in [0.717, 1.165) is 11.1 Å². The van der Waals surface area contributed by atoms with E-state index in [1.54, 1.807) is 46.2 Å². The molecule has 45 heavy (non-hydrogen) atoms. The van der Waals surface area contributed by atoms with Crippen molar-refractivity contribution < 1.29 is 43.2 Å². The zero-order valence-corrected chi connectivity index (χ0v) is 27.8. The number of hydrogen-bond acceptors (Lipinski definition) is 10. The Balaban J connectivity index is 1.80. The fourth-order valence-electron chi connectivity index (χ4n) is 5.97. The third kappa shape index (κ3) is 7.30. The lowest BCUT2D eigenvalue weighted by Crippen LogP contribution is -2.63. The first-order chi connectivity index (χ1) is 21.2. The fourth-order valence-corrected chi connectivity index (χ4v) is 6.28. The summed E-state index contributed by atoms with van der Waals surface area (Å²) in [6, 6.07) is 2.99. The van der Waals surface area contributed by atoms with Crippen molar-refractivity contribution in [3.8, 4) is 5.75 Å². The van der Waals surface area contributed by atoms with Gasteiger partial charge in [0.05, 0.1) is 25.3 Å². The molecule has 0 aromatic heterocycles. The number of carbonyl (C=O) groups is 3. The smallest absolute Gasteiger partial charge is 0.409 e. The average molecular weight is 650 g/mol. The van der Waals surface area contributed by atoms with E-state index in [1.807, 2.05) is 26.0 Å². The molecule has 0 aliphatic carbocycles. The van der Waals surface area contributed by atoms with Crippen LogP contribution in [0.2, 0.25) is 5.02 Å². The molecule has 1 aromatic rings. The maximum absolute atomic E-state index is 13.8. The molecule has 13 heteroatoms. The zero-order chi connectivity index (χ0) is 33.3. The van der Waals surface area contributed by atoms with Gasteiger partial charge < -0.3 is 39.0 Å². The molecule has 3 aliphatic heterocycles. The molecular formula is C32H44ClN3O9. The van der Waals surface area contributed by atoms with Gasteiger partial charge in [-0.3, -0.25) is 14.9 Å². The van der Waals surface area contributed by atoms with Crippen LogP contribution in [0.4, 0.5) is 10.5 Å². The molecule has 3 heterocycles. The number of aliphatic hydroxyl groups is 1. The number of alkyl carbamates (subject to hydrolysis) is 1. The summed E-state index contributed by atoms with van der Waals surface area (Å²) in [5.41, 5.74) is -0.646. The Morgan fingerprint density at radius 1 is 1.29 bits per heavy atom. The molecule has 7 unspecified atom stereocenters. The number of amides is 2. The predicted octanol–water partition coefficient (Wildman–Crippen LogP) is 3.28. The quantitative estimate of drug-likeness (QED) is 0.321. The molecule has 248 valence electrons. The van der Waals surface area contributed by atoms with Crippen LogP contribution in [0.25, 0.3) is 0 Å². The van der Waals surface area contributed by atoms with Crippen molar-refractivity contribution in [1.29, 1.82) is 0 Å². The molecule has 2 amide bonds. The van der Waals surface area contributed by atoms with Crippen molar-refractivity contribution in [3.05, 3.63) is 46.5 Å². The van der Waals surface area contributed by atoms with Crippen LogP contribution in [-0.2, 0) is 35.0 Å². The van der Waals surface area contributed by atoms with Crippen LogP contribution in [-0.4, -0.2) is 93.2 Å². The summed E-state index contributed by atoms with van der Waals surface area (Å²) in [6.45, 7) is 7.17. The van der Waals surface area contributed by atoms with Crippen LogP contribution in [0.5, 0.6) is 5.75 Å². The van der Waals surface area contributed by atoms with E-state index in [2.05, 4.69) is 10.6 Å².